The summed E-state index contributed by atoms with van der Waals surface area (Å²) in [6.45, 7) is 1.91. The van der Waals surface area contributed by atoms with Crippen LogP contribution in [0.25, 0.3) is 0 Å². The highest BCUT2D eigenvalue weighted by Crippen LogP contribution is 2.19. The van der Waals surface area contributed by atoms with Gasteiger partial charge in [-0.15, -0.1) is 0 Å². The summed E-state index contributed by atoms with van der Waals surface area (Å²) in [4.78, 5) is 0. The zero-order valence-electron chi connectivity index (χ0n) is 3.79. The quantitative estimate of drug-likeness (QED) is 0.489. The maximum Gasteiger partial charge on any atom is 0.201 e. The molecule has 0 aliphatic carbocycles. The third-order valence-corrected chi connectivity index (χ3v) is 4.13. The van der Waals surface area contributed by atoms with Crippen LogP contribution < -0.4 is 0 Å². The zero-order valence-corrected chi connectivity index (χ0v) is 6.31. The van der Waals surface area contributed by atoms with E-state index < -0.39 is 9.74 Å². The van der Waals surface area contributed by atoms with Gasteiger partial charge in [-0.1, -0.05) is 17.7 Å². The van der Waals surface area contributed by atoms with E-state index in [2.05, 4.69) is 0 Å². The predicted molar refractivity (Wildman–Crippen MR) is 36.0 cm³/mol. The van der Waals surface area contributed by atoms with Crippen molar-refractivity contribution < 1.29 is 8.42 Å². The fourth-order valence-electron chi connectivity index (χ4n) is 0.0957. The van der Waals surface area contributed by atoms with Gasteiger partial charge in [-0.05, 0) is 0 Å². The van der Waals surface area contributed by atoms with E-state index in [9.17, 15) is 8.42 Å². The van der Waals surface area contributed by atoms with Crippen molar-refractivity contribution in [1.82, 2.24) is 0 Å². The minimum absolute atomic E-state index is 0.841. The van der Waals surface area contributed by atoms with Crippen molar-refractivity contribution in [3.63, 3.8) is 0 Å². The largest absolute Gasteiger partial charge is 0.220 e. The summed E-state index contributed by atoms with van der Waals surface area (Å²) in [7, 11) is 0.0116. The van der Waals surface area contributed by atoms with Crippen LogP contribution in [0, 0.1) is 0 Å². The van der Waals surface area contributed by atoms with Crippen molar-refractivity contribution in [2.45, 2.75) is 6.92 Å². The number of thiol groups is 1. The van der Waals surface area contributed by atoms with E-state index in [4.69, 9.17) is 0 Å². The molecule has 0 aliphatic rings. The van der Waals surface area contributed by atoms with Crippen molar-refractivity contribution >= 4 is 30.4 Å². The van der Waals surface area contributed by atoms with Gasteiger partial charge < -0.3 is 0 Å². The molecule has 0 saturated heterocycles. The van der Waals surface area contributed by atoms with Crippen LogP contribution in [0.4, 0.5) is 0 Å². The highest BCUT2D eigenvalue weighted by molar-refractivity contribution is 9.03. The van der Waals surface area contributed by atoms with Gasteiger partial charge >= 0.3 is 0 Å². The summed E-state index contributed by atoms with van der Waals surface area (Å²) < 4.78 is 19.5. The van der Waals surface area contributed by atoms with E-state index in [-0.39, 0.29) is 0 Å². The summed E-state index contributed by atoms with van der Waals surface area (Å²) in [5, 5.41) is 0. The van der Waals surface area contributed by atoms with E-state index in [0.29, 0.717) is 0 Å². The molecule has 7 heavy (non-hydrogen) atoms. The molecule has 0 fully saturated rings. The average Bonchev–Trinajstić information content (AvgIpc) is 1.61. The lowest BCUT2D eigenvalue weighted by Crippen LogP contribution is -1.59. The molecule has 44 valence electrons. The van der Waals surface area contributed by atoms with Gasteiger partial charge in [-0.2, -0.15) is 0 Å². The van der Waals surface area contributed by atoms with Gasteiger partial charge in [0.25, 0.3) is 0 Å². The fourth-order valence-corrected chi connectivity index (χ4v) is 2.58. The Morgan fingerprint density at radius 1 is 1.57 bits per heavy atom. The standard InChI is InChI=1S/C2H6O2S3/c1-2-5-6-7(3)4/h7H,2H2,1H3. The molecule has 0 amide bonds. The van der Waals surface area contributed by atoms with Crippen LogP contribution >= 0.6 is 20.6 Å². The van der Waals surface area contributed by atoms with Crippen LogP contribution in [-0.4, -0.2) is 14.2 Å². The normalized spacial score (nSPS) is 10.0. The van der Waals surface area contributed by atoms with Crippen LogP contribution in [0.1, 0.15) is 6.92 Å². The molecule has 0 aromatic carbocycles. The van der Waals surface area contributed by atoms with Gasteiger partial charge in [0.05, 0.1) is 0 Å². The van der Waals surface area contributed by atoms with Gasteiger partial charge in [-0.3, -0.25) is 0 Å². The molecule has 0 bridgehead atoms. The first-order valence-corrected chi connectivity index (χ1v) is 5.81. The Labute approximate surface area is 51.8 Å². The fraction of sp³-hybridized carbons (Fsp3) is 1.00. The summed E-state index contributed by atoms with van der Waals surface area (Å²) in [6.07, 6.45) is 0. The van der Waals surface area contributed by atoms with E-state index in [0.717, 1.165) is 15.6 Å². The molecule has 0 radical (unpaired) electrons. The Morgan fingerprint density at radius 2 is 2.14 bits per heavy atom. The second kappa shape index (κ2) is 4.80. The molecule has 0 atom stereocenters. The summed E-state index contributed by atoms with van der Waals surface area (Å²) in [5.74, 6) is 0.841. The molecule has 0 rings (SSSR count). The van der Waals surface area contributed by atoms with Gasteiger partial charge in [-0.25, -0.2) is 8.42 Å². The second-order valence-electron chi connectivity index (χ2n) is 0.705. The van der Waals surface area contributed by atoms with Crippen molar-refractivity contribution in [3.8, 4) is 0 Å². The first-order chi connectivity index (χ1) is 3.27. The van der Waals surface area contributed by atoms with Gasteiger partial charge in [0.1, 0.15) is 0 Å². The molecule has 0 N–H and O–H groups in total. The highest BCUT2D eigenvalue weighted by Gasteiger charge is 1.82. The third-order valence-electron chi connectivity index (χ3n) is 0.231. The Bertz CT molecular complexity index is 89.1. The maximum absolute atomic E-state index is 9.74. The molecular formula is C2H6O2S3. The lowest BCUT2D eigenvalue weighted by Gasteiger charge is -1.80. The van der Waals surface area contributed by atoms with Crippen molar-refractivity contribution in [2.75, 3.05) is 5.75 Å². The van der Waals surface area contributed by atoms with Crippen LogP contribution in [0.3, 0.4) is 0 Å². The van der Waals surface area contributed by atoms with Gasteiger partial charge in [0.15, 0.2) is 0 Å². The van der Waals surface area contributed by atoms with Crippen LogP contribution in [-0.2, 0) is 9.74 Å². The van der Waals surface area contributed by atoms with Crippen LogP contribution in [0.5, 0.6) is 0 Å². The molecule has 0 heterocycles. The summed E-state index contributed by atoms with van der Waals surface area (Å²) >= 11 is 0. The minimum atomic E-state index is -2.23. The number of hydrogen-bond donors (Lipinski definition) is 1. The first-order valence-electron chi connectivity index (χ1n) is 1.71. The van der Waals surface area contributed by atoms with Crippen LogP contribution in [0.2, 0.25) is 0 Å². The molecule has 5 heteroatoms. The van der Waals surface area contributed by atoms with Crippen molar-refractivity contribution in [1.29, 1.82) is 0 Å². The number of rotatable bonds is 3. The lowest BCUT2D eigenvalue weighted by molar-refractivity contribution is 0.627. The SMILES string of the molecule is CCSS[SH](=O)=O. The van der Waals surface area contributed by atoms with Crippen LogP contribution in [0.15, 0.2) is 0 Å². The monoisotopic (exact) mass is 158 g/mol. The molecule has 0 spiro atoms. The summed E-state index contributed by atoms with van der Waals surface area (Å²) in [5.41, 5.74) is 0. The van der Waals surface area contributed by atoms with E-state index >= 15 is 0 Å². The number of hydrogen-bond acceptors (Lipinski definition) is 4. The van der Waals surface area contributed by atoms with Crippen molar-refractivity contribution in [3.05, 3.63) is 0 Å². The van der Waals surface area contributed by atoms with Gasteiger partial charge in [0.2, 0.25) is 9.74 Å². The van der Waals surface area contributed by atoms with E-state index in [1.54, 1.807) is 0 Å². The molecule has 0 aromatic rings. The lowest BCUT2D eigenvalue weighted by atomic mass is 11.0. The minimum Gasteiger partial charge on any atom is -0.220 e. The smallest absolute Gasteiger partial charge is 0.201 e. The van der Waals surface area contributed by atoms with Crippen molar-refractivity contribution in [2.24, 2.45) is 0 Å². The Hall–Kier alpha value is 0.650. The molecule has 0 saturated carbocycles. The average molecular weight is 158 g/mol. The molecule has 0 aromatic heterocycles. The molecular weight excluding hydrogens is 152 g/mol. The van der Waals surface area contributed by atoms with E-state index in [1.165, 1.54) is 10.8 Å². The second-order valence-corrected chi connectivity index (χ2v) is 5.50. The van der Waals surface area contributed by atoms with Gasteiger partial charge in [0, 0.05) is 15.6 Å². The first kappa shape index (κ1) is 7.65. The molecule has 0 unspecified atom stereocenters. The molecule has 2 nitrogen and oxygen atoms in total. The highest BCUT2D eigenvalue weighted by atomic mass is 33.5. The Kier molecular flexibility index (Phi) is 5.25. The Balaban J connectivity index is 2.98. The Morgan fingerprint density at radius 3 is 2.29 bits per heavy atom. The topological polar surface area (TPSA) is 34.1 Å². The molecule has 0 aliphatic heterocycles. The maximum atomic E-state index is 9.74. The van der Waals surface area contributed by atoms with E-state index in [1.807, 2.05) is 6.92 Å². The zero-order chi connectivity index (χ0) is 5.70. The summed E-state index contributed by atoms with van der Waals surface area (Å²) in [6, 6.07) is 0. The third kappa shape index (κ3) is 6.65. The predicted octanol–water partition coefficient (Wildman–Crippen LogP) is 0.914.